The van der Waals surface area contributed by atoms with Gasteiger partial charge in [0.15, 0.2) is 5.69 Å². The Kier molecular flexibility index (Phi) is 7.27. The monoisotopic (exact) mass is 462 g/mol. The van der Waals surface area contributed by atoms with E-state index in [4.69, 9.17) is 4.74 Å². The van der Waals surface area contributed by atoms with Gasteiger partial charge in [-0.25, -0.2) is 4.39 Å². The molecule has 0 aliphatic rings. The largest absolute Gasteiger partial charge is 0.573 e. The Morgan fingerprint density at radius 3 is 2.48 bits per heavy atom. The molecule has 0 bridgehead atoms. The third kappa shape index (κ3) is 6.77. The summed E-state index contributed by atoms with van der Waals surface area (Å²) in [7, 11) is 0. The molecule has 2 aromatic carbocycles. The van der Waals surface area contributed by atoms with E-state index in [1.54, 1.807) is 6.92 Å². The normalized spacial score (nSPS) is 11.2. The van der Waals surface area contributed by atoms with E-state index in [1.807, 2.05) is 6.07 Å². The van der Waals surface area contributed by atoms with Crippen LogP contribution < -0.4 is 4.74 Å². The fourth-order valence-electron chi connectivity index (χ4n) is 3.01. The van der Waals surface area contributed by atoms with Crippen LogP contribution in [0.3, 0.4) is 0 Å². The lowest BCUT2D eigenvalue weighted by Gasteiger charge is -2.12. The fourth-order valence-corrected chi connectivity index (χ4v) is 3.01. The molecule has 0 fully saturated rings. The number of carbonyl (C=O) groups excluding carboxylic acids is 1. The molecule has 0 N–H and O–H groups in total. The quantitative estimate of drug-likeness (QED) is 0.355. The lowest BCUT2D eigenvalue weighted by atomic mass is 10.0. The minimum Gasteiger partial charge on any atom is -0.441 e. The summed E-state index contributed by atoms with van der Waals surface area (Å²) in [5, 5.41) is 17.4. The summed E-state index contributed by atoms with van der Waals surface area (Å²) < 4.78 is 60.9. The van der Waals surface area contributed by atoms with Crippen molar-refractivity contribution in [3.8, 4) is 23.1 Å². The number of aromatic nitrogens is 3. The van der Waals surface area contributed by atoms with Crippen molar-refractivity contribution in [3.05, 3.63) is 65.1 Å². The Bertz CT molecular complexity index is 1170. The van der Waals surface area contributed by atoms with Crippen molar-refractivity contribution in [2.24, 2.45) is 0 Å². The van der Waals surface area contributed by atoms with Gasteiger partial charge in [-0.3, -0.25) is 4.79 Å². The second-order valence-corrected chi connectivity index (χ2v) is 6.99. The zero-order valence-electron chi connectivity index (χ0n) is 17.4. The maximum atomic E-state index is 13.2. The van der Waals surface area contributed by atoms with Gasteiger partial charge in [-0.2, -0.15) is 5.26 Å². The highest BCUT2D eigenvalue weighted by Gasteiger charge is 2.31. The van der Waals surface area contributed by atoms with E-state index in [2.05, 4.69) is 14.9 Å². The Labute approximate surface area is 186 Å². The van der Waals surface area contributed by atoms with Crippen molar-refractivity contribution in [3.63, 3.8) is 0 Å². The third-order valence-corrected chi connectivity index (χ3v) is 4.35. The van der Waals surface area contributed by atoms with Crippen LogP contribution in [0.5, 0.6) is 5.75 Å². The van der Waals surface area contributed by atoms with E-state index in [9.17, 15) is 27.6 Å². The predicted molar refractivity (Wildman–Crippen MR) is 107 cm³/mol. The molecule has 7 nitrogen and oxygen atoms in total. The molecule has 0 saturated heterocycles. The number of ether oxygens (including phenoxy) is 2. The minimum absolute atomic E-state index is 0.00276. The van der Waals surface area contributed by atoms with Crippen molar-refractivity contribution >= 4 is 5.97 Å². The number of halogens is 4. The van der Waals surface area contributed by atoms with Gasteiger partial charge in [-0.15, -0.1) is 28.2 Å². The highest BCUT2D eigenvalue weighted by atomic mass is 19.4. The van der Waals surface area contributed by atoms with E-state index >= 15 is 0 Å². The number of alkyl halides is 3. The fraction of sp³-hybridized carbons (Fsp3) is 0.273. The maximum Gasteiger partial charge on any atom is 0.573 e. The van der Waals surface area contributed by atoms with Crippen LogP contribution in [0.4, 0.5) is 17.6 Å². The predicted octanol–water partition coefficient (Wildman–Crippen LogP) is 4.75. The first-order chi connectivity index (χ1) is 15.7. The van der Waals surface area contributed by atoms with Crippen molar-refractivity contribution in [1.82, 2.24) is 15.0 Å². The van der Waals surface area contributed by atoms with Gasteiger partial charge in [-0.1, -0.05) is 19.1 Å². The molecule has 11 heteroatoms. The second-order valence-electron chi connectivity index (χ2n) is 6.99. The summed E-state index contributed by atoms with van der Waals surface area (Å²) in [6.45, 7) is 1.45. The number of hydrogen-bond acceptors (Lipinski definition) is 6. The number of hydrogen-bond donors (Lipinski definition) is 0. The van der Waals surface area contributed by atoms with E-state index in [1.165, 1.54) is 36.4 Å². The summed E-state index contributed by atoms with van der Waals surface area (Å²) in [4.78, 5) is 12.5. The summed E-state index contributed by atoms with van der Waals surface area (Å²) in [5.74, 6) is -1.43. The number of esters is 1. The molecule has 0 saturated carbocycles. The molecule has 0 aliphatic heterocycles. The highest BCUT2D eigenvalue weighted by Crippen LogP contribution is 2.31. The summed E-state index contributed by atoms with van der Waals surface area (Å²) in [6, 6.07) is 11.1. The smallest absolute Gasteiger partial charge is 0.441 e. The average molecular weight is 462 g/mol. The zero-order valence-corrected chi connectivity index (χ0v) is 17.4. The molecular formula is C22H18F4N4O3. The Balaban J connectivity index is 1.96. The number of rotatable bonds is 8. The highest BCUT2D eigenvalue weighted by molar-refractivity contribution is 5.69. The standard InChI is InChI=1S/C22H18F4N4O3/c1-2-3-20(31)32-13-30-28-19(12-27)21(29-30)16-9-15(8-14-4-6-17(23)7-5-14)10-18(11-16)33-22(24,25)26/h4-7,9-11H,2-3,8,13H2,1H3. The average Bonchev–Trinajstić information content (AvgIpc) is 3.16. The van der Waals surface area contributed by atoms with Crippen molar-refractivity contribution in [2.75, 3.05) is 0 Å². The first kappa shape index (κ1) is 23.7. The summed E-state index contributed by atoms with van der Waals surface area (Å²) >= 11 is 0. The first-order valence-corrected chi connectivity index (χ1v) is 9.82. The van der Waals surface area contributed by atoms with Crippen LogP contribution in [-0.2, 0) is 22.7 Å². The van der Waals surface area contributed by atoms with Gasteiger partial charge in [0.05, 0.1) is 0 Å². The molecule has 0 amide bonds. The van der Waals surface area contributed by atoms with E-state index in [0.29, 0.717) is 17.5 Å². The van der Waals surface area contributed by atoms with Crippen LogP contribution >= 0.6 is 0 Å². The molecule has 0 atom stereocenters. The number of benzene rings is 2. The topological polar surface area (TPSA) is 90.0 Å². The van der Waals surface area contributed by atoms with Crippen molar-refractivity contribution < 1.29 is 31.8 Å². The van der Waals surface area contributed by atoms with E-state index < -0.39 is 23.9 Å². The Hall–Kier alpha value is -3.94. The number of nitriles is 1. The summed E-state index contributed by atoms with van der Waals surface area (Å²) in [5.41, 5.74) is 1.04. The molecule has 33 heavy (non-hydrogen) atoms. The van der Waals surface area contributed by atoms with Crippen molar-refractivity contribution in [1.29, 1.82) is 5.26 Å². The van der Waals surface area contributed by atoms with Crippen LogP contribution in [0.1, 0.15) is 36.6 Å². The molecule has 0 radical (unpaired) electrons. The molecule has 0 spiro atoms. The second kappa shape index (κ2) is 10.1. The number of nitrogens with zero attached hydrogens (tertiary/aromatic N) is 4. The van der Waals surface area contributed by atoms with E-state index in [-0.39, 0.29) is 36.5 Å². The van der Waals surface area contributed by atoms with Gasteiger partial charge in [-0.05, 0) is 54.3 Å². The lowest BCUT2D eigenvalue weighted by molar-refractivity contribution is -0.274. The van der Waals surface area contributed by atoms with Gasteiger partial charge in [0.1, 0.15) is 23.3 Å². The van der Waals surface area contributed by atoms with Gasteiger partial charge in [0, 0.05) is 12.0 Å². The molecule has 0 unspecified atom stereocenters. The Morgan fingerprint density at radius 2 is 1.85 bits per heavy atom. The SMILES string of the molecule is CCCC(=O)OCn1nc(C#N)c(-c2cc(Cc3ccc(F)cc3)cc(OC(F)(F)F)c2)n1. The van der Waals surface area contributed by atoms with Crippen LogP contribution in [0.25, 0.3) is 11.3 Å². The van der Waals surface area contributed by atoms with Crippen molar-refractivity contribution in [2.45, 2.75) is 39.3 Å². The third-order valence-electron chi connectivity index (χ3n) is 4.35. The van der Waals surface area contributed by atoms with Crippen LogP contribution in [0.2, 0.25) is 0 Å². The van der Waals surface area contributed by atoms with Gasteiger partial charge in [0.2, 0.25) is 6.73 Å². The molecule has 1 aromatic heterocycles. The maximum absolute atomic E-state index is 13.2. The number of carbonyl (C=O) groups is 1. The molecular weight excluding hydrogens is 444 g/mol. The van der Waals surface area contributed by atoms with Crippen LogP contribution in [-0.4, -0.2) is 27.3 Å². The van der Waals surface area contributed by atoms with E-state index in [0.717, 1.165) is 10.9 Å². The molecule has 3 rings (SSSR count). The lowest BCUT2D eigenvalue weighted by Crippen LogP contribution is -2.17. The van der Waals surface area contributed by atoms with Crippen LogP contribution in [0.15, 0.2) is 42.5 Å². The summed E-state index contributed by atoms with van der Waals surface area (Å²) in [6.07, 6.45) is -3.98. The molecule has 1 heterocycles. The van der Waals surface area contributed by atoms with Gasteiger partial charge in [0.25, 0.3) is 0 Å². The van der Waals surface area contributed by atoms with Gasteiger partial charge >= 0.3 is 12.3 Å². The van der Waals surface area contributed by atoms with Crippen LogP contribution in [0, 0.1) is 17.1 Å². The zero-order chi connectivity index (χ0) is 24.0. The molecule has 172 valence electrons. The minimum atomic E-state index is -4.94. The van der Waals surface area contributed by atoms with Gasteiger partial charge < -0.3 is 9.47 Å². The molecule has 3 aromatic rings. The molecule has 0 aliphatic carbocycles. The first-order valence-electron chi connectivity index (χ1n) is 9.82. The Morgan fingerprint density at radius 1 is 1.12 bits per heavy atom.